The Labute approximate surface area is 172 Å². The van der Waals surface area contributed by atoms with Crippen molar-refractivity contribution in [2.75, 3.05) is 0 Å². The second-order valence-corrected chi connectivity index (χ2v) is 8.48. The third-order valence-electron chi connectivity index (χ3n) is 4.50. The van der Waals surface area contributed by atoms with E-state index in [0.29, 0.717) is 6.54 Å². The lowest BCUT2D eigenvalue weighted by molar-refractivity contribution is -0.124. The summed E-state index contributed by atoms with van der Waals surface area (Å²) in [7, 11) is 0. The molecule has 1 unspecified atom stereocenters. The first-order valence-electron chi connectivity index (χ1n) is 9.87. The Kier molecular flexibility index (Phi) is 7.06. The number of carbonyl (C=O) groups excluding carboxylic acids is 2. The van der Waals surface area contributed by atoms with Gasteiger partial charge in [0.15, 0.2) is 0 Å². The monoisotopic (exact) mass is 400 g/mol. The molecule has 7 heteroatoms. The minimum atomic E-state index is -0.686. The normalized spacial score (nSPS) is 12.6. The summed E-state index contributed by atoms with van der Waals surface area (Å²) in [5.41, 5.74) is 3.13. The van der Waals surface area contributed by atoms with Crippen LogP contribution in [0.5, 0.6) is 0 Å². The first kappa shape index (κ1) is 22.5. The van der Waals surface area contributed by atoms with Crippen LogP contribution in [0.1, 0.15) is 51.6 Å². The lowest BCUT2D eigenvalue weighted by Gasteiger charge is -2.25. The molecule has 2 amide bonds. The molecule has 2 rings (SSSR count). The number of aryl methyl sites for hydroxylation is 1. The molecule has 7 nitrogen and oxygen atoms in total. The van der Waals surface area contributed by atoms with Crippen LogP contribution in [0.3, 0.4) is 0 Å². The Morgan fingerprint density at radius 2 is 1.76 bits per heavy atom. The molecule has 1 atom stereocenters. The molecule has 0 spiro atoms. The van der Waals surface area contributed by atoms with Gasteiger partial charge in [0.2, 0.25) is 5.91 Å². The van der Waals surface area contributed by atoms with Gasteiger partial charge >= 0.3 is 6.09 Å². The highest BCUT2D eigenvalue weighted by atomic mass is 16.6. The quantitative estimate of drug-likeness (QED) is 0.775. The molecule has 0 saturated heterocycles. The summed E-state index contributed by atoms with van der Waals surface area (Å²) in [5, 5.41) is 10.2. The number of nitrogens with one attached hydrogen (secondary N) is 2. The second kappa shape index (κ2) is 9.11. The number of nitrogens with zero attached hydrogens (tertiary/aromatic N) is 2. The first-order chi connectivity index (χ1) is 13.5. The zero-order chi connectivity index (χ0) is 21.8. The van der Waals surface area contributed by atoms with Gasteiger partial charge in [0.1, 0.15) is 11.6 Å². The summed E-state index contributed by atoms with van der Waals surface area (Å²) >= 11 is 0. The highest BCUT2D eigenvalue weighted by Crippen LogP contribution is 2.18. The van der Waals surface area contributed by atoms with Crippen molar-refractivity contribution in [3.05, 3.63) is 47.3 Å². The molecule has 158 valence electrons. The number of benzene rings is 1. The molecule has 0 aliphatic rings. The summed E-state index contributed by atoms with van der Waals surface area (Å²) in [6.07, 6.45) is -0.601. The number of ether oxygens (including phenoxy) is 1. The van der Waals surface area contributed by atoms with Crippen molar-refractivity contribution in [1.29, 1.82) is 0 Å². The number of rotatable bonds is 6. The van der Waals surface area contributed by atoms with Gasteiger partial charge in [0, 0.05) is 17.8 Å². The van der Waals surface area contributed by atoms with Crippen molar-refractivity contribution in [2.45, 2.75) is 66.7 Å². The maximum Gasteiger partial charge on any atom is 0.408 e. The molecule has 29 heavy (non-hydrogen) atoms. The van der Waals surface area contributed by atoms with Gasteiger partial charge in [-0.3, -0.25) is 4.79 Å². The minimum absolute atomic E-state index is 0.0863. The second-order valence-electron chi connectivity index (χ2n) is 8.48. The lowest BCUT2D eigenvalue weighted by atomic mass is 10.0. The van der Waals surface area contributed by atoms with E-state index in [0.717, 1.165) is 22.6 Å². The third kappa shape index (κ3) is 6.07. The van der Waals surface area contributed by atoms with Gasteiger partial charge in [-0.25, -0.2) is 9.48 Å². The van der Waals surface area contributed by atoms with Crippen LogP contribution < -0.4 is 10.6 Å². The van der Waals surface area contributed by atoms with E-state index in [1.165, 1.54) is 0 Å². The van der Waals surface area contributed by atoms with Crippen molar-refractivity contribution in [1.82, 2.24) is 20.4 Å². The van der Waals surface area contributed by atoms with Crippen LogP contribution in [0.25, 0.3) is 5.69 Å². The van der Waals surface area contributed by atoms with Crippen LogP contribution in [0.2, 0.25) is 0 Å². The predicted octanol–water partition coefficient (Wildman–Crippen LogP) is 3.65. The maximum atomic E-state index is 12.7. The Morgan fingerprint density at radius 1 is 1.14 bits per heavy atom. The lowest BCUT2D eigenvalue weighted by Crippen LogP contribution is -2.50. The topological polar surface area (TPSA) is 85.3 Å². The van der Waals surface area contributed by atoms with E-state index in [1.807, 2.05) is 62.7 Å². The molecular formula is C22H32N4O3. The van der Waals surface area contributed by atoms with Gasteiger partial charge in [-0.1, -0.05) is 32.0 Å². The van der Waals surface area contributed by atoms with Crippen molar-refractivity contribution >= 4 is 12.0 Å². The highest BCUT2D eigenvalue weighted by Gasteiger charge is 2.27. The number of hydrogen-bond acceptors (Lipinski definition) is 4. The molecule has 0 aliphatic carbocycles. The fourth-order valence-corrected chi connectivity index (χ4v) is 3.01. The van der Waals surface area contributed by atoms with Gasteiger partial charge in [0.05, 0.1) is 11.4 Å². The summed E-state index contributed by atoms with van der Waals surface area (Å²) in [4.78, 5) is 24.8. The average Bonchev–Trinajstić information content (AvgIpc) is 2.90. The number of aromatic nitrogens is 2. The molecule has 1 aromatic heterocycles. The van der Waals surface area contributed by atoms with E-state index < -0.39 is 17.7 Å². The molecule has 0 aliphatic heterocycles. The molecule has 1 aromatic carbocycles. The smallest absolute Gasteiger partial charge is 0.408 e. The van der Waals surface area contributed by atoms with E-state index >= 15 is 0 Å². The number of hydrogen-bond donors (Lipinski definition) is 2. The van der Waals surface area contributed by atoms with Crippen LogP contribution in [0.15, 0.2) is 30.3 Å². The Morgan fingerprint density at radius 3 is 2.31 bits per heavy atom. The summed E-state index contributed by atoms with van der Waals surface area (Å²) < 4.78 is 7.15. The van der Waals surface area contributed by atoms with Gasteiger partial charge in [-0.2, -0.15) is 5.10 Å². The Balaban J connectivity index is 2.08. The molecule has 2 aromatic rings. The van der Waals surface area contributed by atoms with Gasteiger partial charge in [-0.05, 0) is 52.7 Å². The van der Waals surface area contributed by atoms with Crippen LogP contribution in [0, 0.1) is 19.8 Å². The molecular weight excluding hydrogens is 368 g/mol. The van der Waals surface area contributed by atoms with Crippen LogP contribution in [0.4, 0.5) is 4.79 Å². The van der Waals surface area contributed by atoms with Crippen molar-refractivity contribution in [3.63, 3.8) is 0 Å². The van der Waals surface area contributed by atoms with E-state index in [2.05, 4.69) is 15.7 Å². The molecule has 2 N–H and O–H groups in total. The molecule has 1 heterocycles. The predicted molar refractivity (Wildman–Crippen MR) is 113 cm³/mol. The third-order valence-corrected chi connectivity index (χ3v) is 4.50. The molecule has 0 saturated carbocycles. The van der Waals surface area contributed by atoms with Crippen LogP contribution in [-0.2, 0) is 16.1 Å². The maximum absolute atomic E-state index is 12.7. The number of carbonyl (C=O) groups is 2. The number of alkyl carbamates (subject to hydrolysis) is 1. The first-order valence-corrected chi connectivity index (χ1v) is 9.87. The molecule has 0 bridgehead atoms. The number of para-hydroxylation sites is 1. The van der Waals surface area contributed by atoms with Crippen LogP contribution >= 0.6 is 0 Å². The summed E-state index contributed by atoms with van der Waals surface area (Å²) in [6, 6.07) is 9.17. The van der Waals surface area contributed by atoms with E-state index in [1.54, 1.807) is 20.8 Å². The Hall–Kier alpha value is -2.83. The van der Waals surface area contributed by atoms with E-state index in [4.69, 9.17) is 4.74 Å². The summed E-state index contributed by atoms with van der Waals surface area (Å²) in [5.74, 6) is -0.339. The largest absolute Gasteiger partial charge is 0.444 e. The number of amides is 2. The van der Waals surface area contributed by atoms with Crippen molar-refractivity contribution in [3.8, 4) is 5.69 Å². The van der Waals surface area contributed by atoms with Crippen molar-refractivity contribution in [2.24, 2.45) is 5.92 Å². The standard InChI is InChI=1S/C22H32N4O3/c1-14(2)19(24-21(28)29-22(5,6)7)20(27)23-13-18-15(3)25-26(16(18)4)17-11-9-8-10-12-17/h8-12,14,19H,13H2,1-7H3,(H,23,27)(H,24,28). The van der Waals surface area contributed by atoms with Gasteiger partial charge < -0.3 is 15.4 Å². The minimum Gasteiger partial charge on any atom is -0.444 e. The molecule has 0 radical (unpaired) electrons. The summed E-state index contributed by atoms with van der Waals surface area (Å²) in [6.45, 7) is 13.4. The zero-order valence-electron chi connectivity index (χ0n) is 18.4. The van der Waals surface area contributed by atoms with Crippen molar-refractivity contribution < 1.29 is 14.3 Å². The van der Waals surface area contributed by atoms with Gasteiger partial charge in [-0.15, -0.1) is 0 Å². The fourth-order valence-electron chi connectivity index (χ4n) is 3.01. The van der Waals surface area contributed by atoms with E-state index in [-0.39, 0.29) is 11.8 Å². The SMILES string of the molecule is Cc1nn(-c2ccccc2)c(C)c1CNC(=O)C(NC(=O)OC(C)(C)C)C(C)C. The average molecular weight is 401 g/mol. The van der Waals surface area contributed by atoms with Crippen LogP contribution in [-0.4, -0.2) is 33.4 Å². The highest BCUT2D eigenvalue weighted by molar-refractivity contribution is 5.85. The molecule has 0 fully saturated rings. The van der Waals surface area contributed by atoms with Gasteiger partial charge in [0.25, 0.3) is 0 Å². The zero-order valence-corrected chi connectivity index (χ0v) is 18.4. The fraction of sp³-hybridized carbons (Fsp3) is 0.500. The van der Waals surface area contributed by atoms with E-state index in [9.17, 15) is 9.59 Å². The Bertz CT molecular complexity index is 851.